The topological polar surface area (TPSA) is 61.8 Å². The molecular weight excluding hydrogens is 275 g/mol. The summed E-state index contributed by atoms with van der Waals surface area (Å²) >= 11 is 0. The maximum Gasteiger partial charge on any atom is 0.327 e. The van der Waals surface area contributed by atoms with Crippen molar-refractivity contribution in [3.63, 3.8) is 0 Å². The first-order chi connectivity index (χ1) is 10.0. The number of likely N-dealkylation sites (N-methyl/N-ethyl adjacent to an activating group) is 1. The summed E-state index contributed by atoms with van der Waals surface area (Å²) in [5.74, 6) is -1.68. The van der Waals surface area contributed by atoms with E-state index in [9.17, 15) is 14.3 Å². The van der Waals surface area contributed by atoms with E-state index in [1.165, 1.54) is 19.2 Å². The highest BCUT2D eigenvalue weighted by molar-refractivity contribution is 5.77. The van der Waals surface area contributed by atoms with E-state index < -0.39 is 23.6 Å². The van der Waals surface area contributed by atoms with Gasteiger partial charge >= 0.3 is 5.97 Å². The molecule has 5 nitrogen and oxygen atoms in total. The average molecular weight is 298 g/mol. The Morgan fingerprint density at radius 2 is 2.10 bits per heavy atom. The molecule has 118 valence electrons. The summed E-state index contributed by atoms with van der Waals surface area (Å²) in [4.78, 5) is 14.0. The highest BCUT2D eigenvalue weighted by Crippen LogP contribution is 2.21. The summed E-state index contributed by atoms with van der Waals surface area (Å²) in [6.45, 7) is 7.34. The number of rotatable bonds is 8. The Bertz CT molecular complexity index is 464. The summed E-state index contributed by atoms with van der Waals surface area (Å²) < 4.78 is 18.2. The van der Waals surface area contributed by atoms with Crippen LogP contribution in [0.4, 0.5) is 4.39 Å². The fourth-order valence-electron chi connectivity index (χ4n) is 2.06. The smallest absolute Gasteiger partial charge is 0.327 e. The molecule has 21 heavy (non-hydrogen) atoms. The average Bonchev–Trinajstić information content (AvgIpc) is 2.50. The maximum atomic E-state index is 13.4. The molecule has 0 aliphatic carbocycles. The van der Waals surface area contributed by atoms with Gasteiger partial charge in [0.05, 0.1) is 7.11 Å². The van der Waals surface area contributed by atoms with Crippen molar-refractivity contribution >= 4 is 5.97 Å². The van der Waals surface area contributed by atoms with Crippen molar-refractivity contribution < 1.29 is 19.0 Å². The van der Waals surface area contributed by atoms with Crippen LogP contribution in [0.1, 0.15) is 25.5 Å². The van der Waals surface area contributed by atoms with Crippen LogP contribution in [-0.4, -0.2) is 49.3 Å². The molecule has 0 aliphatic heterocycles. The lowest BCUT2D eigenvalue weighted by atomic mass is 10.1. The first kappa shape index (κ1) is 17.4. The van der Waals surface area contributed by atoms with Crippen LogP contribution in [0.25, 0.3) is 0 Å². The van der Waals surface area contributed by atoms with Crippen LogP contribution in [0, 0.1) is 5.82 Å². The molecule has 1 aromatic carbocycles. The third kappa shape index (κ3) is 4.99. The summed E-state index contributed by atoms with van der Waals surface area (Å²) in [5, 5.41) is 12.3. The highest BCUT2D eigenvalue weighted by Gasteiger charge is 2.22. The van der Waals surface area contributed by atoms with Crippen molar-refractivity contribution in [2.75, 3.05) is 33.3 Å². The molecule has 0 heterocycles. The van der Waals surface area contributed by atoms with Gasteiger partial charge in [-0.25, -0.2) is 9.18 Å². The predicted octanol–water partition coefficient (Wildman–Crippen LogP) is 1.68. The molecule has 2 N–H and O–H groups in total. The second-order valence-corrected chi connectivity index (χ2v) is 4.65. The number of hydrogen-bond acceptors (Lipinski definition) is 5. The zero-order chi connectivity index (χ0) is 15.8. The maximum absolute atomic E-state index is 13.4. The fraction of sp³-hybridized carbons (Fsp3) is 0.533. The van der Waals surface area contributed by atoms with Crippen LogP contribution in [0.3, 0.4) is 0 Å². The van der Waals surface area contributed by atoms with E-state index in [2.05, 4.69) is 24.1 Å². The number of hydrogen-bond donors (Lipinski definition) is 2. The lowest BCUT2D eigenvalue weighted by Gasteiger charge is -2.21. The summed E-state index contributed by atoms with van der Waals surface area (Å²) in [7, 11) is 1.29. The van der Waals surface area contributed by atoms with Gasteiger partial charge in [0.1, 0.15) is 6.04 Å². The summed E-state index contributed by atoms with van der Waals surface area (Å²) in [6, 6.07) is 3.12. The van der Waals surface area contributed by atoms with Crippen molar-refractivity contribution in [3.05, 3.63) is 29.6 Å². The molecule has 0 amide bonds. The Kier molecular flexibility index (Phi) is 7.11. The van der Waals surface area contributed by atoms with Crippen LogP contribution in [0.2, 0.25) is 0 Å². The van der Waals surface area contributed by atoms with E-state index in [4.69, 9.17) is 4.74 Å². The van der Waals surface area contributed by atoms with Crippen molar-refractivity contribution in [2.45, 2.75) is 19.9 Å². The lowest BCUT2D eigenvalue weighted by Crippen LogP contribution is -2.36. The highest BCUT2D eigenvalue weighted by atomic mass is 19.1. The molecule has 0 aliphatic rings. The number of phenolic OH excluding ortho intramolecular Hbond substituents is 1. The Hall–Kier alpha value is -1.66. The van der Waals surface area contributed by atoms with E-state index in [-0.39, 0.29) is 0 Å². The van der Waals surface area contributed by atoms with E-state index >= 15 is 0 Å². The van der Waals surface area contributed by atoms with E-state index in [0.717, 1.165) is 25.7 Å². The zero-order valence-electron chi connectivity index (χ0n) is 12.7. The quantitative estimate of drug-likeness (QED) is 0.715. The number of benzene rings is 1. The largest absolute Gasteiger partial charge is 0.505 e. The molecule has 0 radical (unpaired) electrons. The van der Waals surface area contributed by atoms with Crippen LogP contribution in [-0.2, 0) is 9.53 Å². The minimum absolute atomic E-state index is 0.427. The van der Waals surface area contributed by atoms with Crippen LogP contribution < -0.4 is 5.32 Å². The van der Waals surface area contributed by atoms with E-state index in [1.807, 2.05) is 0 Å². The van der Waals surface area contributed by atoms with Crippen molar-refractivity contribution in [2.24, 2.45) is 0 Å². The second-order valence-electron chi connectivity index (χ2n) is 4.65. The number of carbonyl (C=O) groups is 1. The second kappa shape index (κ2) is 8.59. The van der Waals surface area contributed by atoms with Crippen LogP contribution in [0.5, 0.6) is 5.75 Å². The van der Waals surface area contributed by atoms with E-state index in [0.29, 0.717) is 12.1 Å². The minimum Gasteiger partial charge on any atom is -0.505 e. The lowest BCUT2D eigenvalue weighted by molar-refractivity contribution is -0.143. The SMILES string of the molecule is CCN(CC)CCNC(C(=O)OC)c1ccc(O)c(F)c1. The van der Waals surface area contributed by atoms with Gasteiger partial charge in [-0.3, -0.25) is 5.32 Å². The normalized spacial score (nSPS) is 12.4. The fourth-order valence-corrected chi connectivity index (χ4v) is 2.06. The molecule has 1 unspecified atom stereocenters. The molecule has 1 aromatic rings. The van der Waals surface area contributed by atoms with Gasteiger partial charge in [0.2, 0.25) is 0 Å². The number of ether oxygens (including phenoxy) is 1. The van der Waals surface area contributed by atoms with Crippen LogP contribution >= 0.6 is 0 Å². The van der Waals surface area contributed by atoms with Gasteiger partial charge in [-0.05, 0) is 30.8 Å². The number of phenols is 1. The first-order valence-corrected chi connectivity index (χ1v) is 7.05. The molecule has 1 rings (SSSR count). The van der Waals surface area contributed by atoms with Crippen molar-refractivity contribution in [3.8, 4) is 5.75 Å². The zero-order valence-corrected chi connectivity index (χ0v) is 12.7. The number of carbonyl (C=O) groups excluding carboxylic acids is 1. The monoisotopic (exact) mass is 298 g/mol. The number of esters is 1. The van der Waals surface area contributed by atoms with Gasteiger partial charge in [0, 0.05) is 13.1 Å². The molecule has 0 aromatic heterocycles. The third-order valence-electron chi connectivity index (χ3n) is 3.41. The first-order valence-electron chi connectivity index (χ1n) is 7.05. The van der Waals surface area contributed by atoms with Gasteiger partial charge in [-0.2, -0.15) is 0 Å². The molecule has 6 heteroatoms. The van der Waals surface area contributed by atoms with Gasteiger partial charge in [0.25, 0.3) is 0 Å². The Morgan fingerprint density at radius 3 is 2.62 bits per heavy atom. The standard InChI is InChI=1S/C15H23FN2O3/c1-4-18(5-2)9-8-17-14(15(20)21-3)11-6-7-13(19)12(16)10-11/h6-7,10,14,17,19H,4-5,8-9H2,1-3H3. The molecule has 0 spiro atoms. The minimum atomic E-state index is -0.757. The molecule has 0 saturated carbocycles. The van der Waals surface area contributed by atoms with Gasteiger partial charge in [-0.15, -0.1) is 0 Å². The van der Waals surface area contributed by atoms with Crippen molar-refractivity contribution in [1.29, 1.82) is 0 Å². The van der Waals surface area contributed by atoms with Gasteiger partial charge in [0.15, 0.2) is 11.6 Å². The van der Waals surface area contributed by atoms with Crippen molar-refractivity contribution in [1.82, 2.24) is 10.2 Å². The predicted molar refractivity (Wildman–Crippen MR) is 78.6 cm³/mol. The molecule has 0 bridgehead atoms. The van der Waals surface area contributed by atoms with Gasteiger partial charge in [-0.1, -0.05) is 19.9 Å². The Labute approximate surface area is 124 Å². The van der Waals surface area contributed by atoms with Gasteiger partial charge < -0.3 is 14.7 Å². The molecule has 0 fully saturated rings. The number of methoxy groups -OCH3 is 1. The molecule has 0 saturated heterocycles. The summed E-state index contributed by atoms with van der Waals surface area (Å²) in [6.07, 6.45) is 0. The molecule has 1 atom stereocenters. The van der Waals surface area contributed by atoms with Crippen LogP contribution in [0.15, 0.2) is 18.2 Å². The number of aromatic hydroxyl groups is 1. The molecular formula is C15H23FN2O3. The number of nitrogens with zero attached hydrogens (tertiary/aromatic N) is 1. The van der Waals surface area contributed by atoms with E-state index in [1.54, 1.807) is 0 Å². The number of halogens is 1. The number of nitrogens with one attached hydrogen (secondary N) is 1. The third-order valence-corrected chi connectivity index (χ3v) is 3.41. The Morgan fingerprint density at radius 1 is 1.43 bits per heavy atom. The Balaban J connectivity index is 2.76. The summed E-state index contributed by atoms with van der Waals surface area (Å²) in [5.41, 5.74) is 0.427.